The van der Waals surface area contributed by atoms with Gasteiger partial charge in [0.25, 0.3) is 0 Å². The third-order valence-corrected chi connectivity index (χ3v) is 1.79. The van der Waals surface area contributed by atoms with Gasteiger partial charge in [-0.2, -0.15) is 12.1 Å². The Morgan fingerprint density at radius 3 is 1.59 bits per heavy atom. The van der Waals surface area contributed by atoms with Crippen molar-refractivity contribution in [1.29, 1.82) is 0 Å². The second-order valence-corrected chi connectivity index (χ2v) is 3.49. The number of alkyl halides is 1. The number of nitrogens with zero attached hydrogens (tertiary/aromatic N) is 1. The van der Waals surface area contributed by atoms with Crippen molar-refractivity contribution in [2.45, 2.75) is 6.54 Å². The monoisotopic (exact) mass is 385 g/mol. The van der Waals surface area contributed by atoms with Crippen molar-refractivity contribution in [2.75, 3.05) is 19.0 Å². The summed E-state index contributed by atoms with van der Waals surface area (Å²) in [5.74, 6) is 0. The second-order valence-electron chi connectivity index (χ2n) is 3.49. The molecule has 0 aliphatic carbocycles. The Morgan fingerprint density at radius 2 is 1.29 bits per heavy atom. The molecule has 0 heterocycles. The van der Waals surface area contributed by atoms with Crippen LogP contribution in [0.5, 0.6) is 0 Å². The van der Waals surface area contributed by atoms with E-state index in [2.05, 4.69) is 65.9 Å². The zero-order valence-corrected chi connectivity index (χ0v) is 13.8. The van der Waals surface area contributed by atoms with E-state index >= 15 is 0 Å². The Kier molecular flexibility index (Phi) is 15.8. The fraction of sp³-hybridized carbons (Fsp3) is 0.286. The zero-order chi connectivity index (χ0) is 12.2. The summed E-state index contributed by atoms with van der Waals surface area (Å²) in [5, 5.41) is 0. The average Bonchev–Trinajstić information content (AvgIpc) is 2.94. The number of hydrogen-bond acceptors (Lipinski definition) is 1. The van der Waals surface area contributed by atoms with E-state index in [0.717, 1.165) is 6.54 Å². The zero-order valence-electron chi connectivity index (χ0n) is 10.6. The molecular formula is C14H20FeIN-6. The Bertz CT molecular complexity index is 284. The maximum atomic E-state index is 2.16. The van der Waals surface area contributed by atoms with Crippen LogP contribution in [-0.2, 0) is 23.6 Å². The average molecular weight is 385 g/mol. The van der Waals surface area contributed by atoms with Gasteiger partial charge in [0, 0.05) is 17.1 Å². The molecule has 0 amide bonds. The van der Waals surface area contributed by atoms with Crippen molar-refractivity contribution in [3.8, 4) is 0 Å². The summed E-state index contributed by atoms with van der Waals surface area (Å²) in [6.07, 6.45) is 0. The normalized spacial score (nSPS) is 8.29. The van der Waals surface area contributed by atoms with Crippen LogP contribution in [0.4, 0.5) is 0 Å². The molecule has 17 heavy (non-hydrogen) atoms. The van der Waals surface area contributed by atoms with Crippen LogP contribution >= 0.6 is 22.6 Å². The molecule has 0 saturated carbocycles. The van der Waals surface area contributed by atoms with Gasteiger partial charge < -0.3 is 35.2 Å². The number of hydrogen-bond donors (Lipinski definition) is 0. The largest absolute Gasteiger partial charge is 0.748 e. The van der Waals surface area contributed by atoms with Gasteiger partial charge in [0.2, 0.25) is 0 Å². The van der Waals surface area contributed by atoms with Crippen molar-refractivity contribution in [3.05, 3.63) is 60.2 Å². The SMILES string of the molecule is CI.CN(C)C[c-]1cccc1.[Fe].[cH-]1[cH-][cH-][cH-][cH-]1. The Morgan fingerprint density at radius 1 is 0.941 bits per heavy atom. The molecule has 102 valence electrons. The molecule has 0 unspecified atom stereocenters. The molecule has 0 aromatic heterocycles. The molecule has 2 aromatic carbocycles. The molecule has 1 nitrogen and oxygen atoms in total. The van der Waals surface area contributed by atoms with Gasteiger partial charge in [0.1, 0.15) is 0 Å². The molecule has 0 spiro atoms. The third-order valence-electron chi connectivity index (χ3n) is 1.79. The van der Waals surface area contributed by atoms with Crippen molar-refractivity contribution in [1.82, 2.24) is 4.90 Å². The van der Waals surface area contributed by atoms with Gasteiger partial charge in [0.15, 0.2) is 0 Å². The van der Waals surface area contributed by atoms with Gasteiger partial charge in [-0.25, -0.2) is 12.1 Å². The van der Waals surface area contributed by atoms with Crippen molar-refractivity contribution in [2.24, 2.45) is 0 Å². The summed E-state index contributed by atoms with van der Waals surface area (Å²) in [4.78, 5) is 4.13. The van der Waals surface area contributed by atoms with Gasteiger partial charge in [-0.15, -0.1) is 5.56 Å². The second kappa shape index (κ2) is 14.0. The molecule has 0 radical (unpaired) electrons. The summed E-state index contributed by atoms with van der Waals surface area (Å²) in [6.45, 7) is 1.05. The fourth-order valence-electron chi connectivity index (χ4n) is 1.21. The predicted molar refractivity (Wildman–Crippen MR) is 81.4 cm³/mol. The minimum atomic E-state index is 0. The predicted octanol–water partition coefficient (Wildman–Crippen LogP) is 3.92. The molecule has 0 saturated heterocycles. The van der Waals surface area contributed by atoms with Crippen molar-refractivity contribution < 1.29 is 17.1 Å². The van der Waals surface area contributed by atoms with Crippen LogP contribution in [0.15, 0.2) is 54.6 Å². The first-order valence-corrected chi connectivity index (χ1v) is 7.34. The maximum Gasteiger partial charge on any atom is 0 e. The maximum absolute atomic E-state index is 2.16. The molecule has 0 atom stereocenters. The van der Waals surface area contributed by atoms with E-state index in [4.69, 9.17) is 0 Å². The summed E-state index contributed by atoms with van der Waals surface area (Å²) in [6, 6.07) is 18.4. The topological polar surface area (TPSA) is 3.24 Å². The van der Waals surface area contributed by atoms with Crippen molar-refractivity contribution in [3.63, 3.8) is 0 Å². The number of rotatable bonds is 2. The van der Waals surface area contributed by atoms with Gasteiger partial charge in [0.05, 0.1) is 0 Å². The van der Waals surface area contributed by atoms with Gasteiger partial charge in [-0.05, 0) is 25.6 Å². The number of halogens is 1. The summed E-state index contributed by atoms with van der Waals surface area (Å²) < 4.78 is 0. The summed E-state index contributed by atoms with van der Waals surface area (Å²) in [7, 11) is 4.15. The molecule has 0 fully saturated rings. The van der Waals surface area contributed by atoms with E-state index in [-0.39, 0.29) is 17.1 Å². The quantitative estimate of drug-likeness (QED) is 0.328. The summed E-state index contributed by atoms with van der Waals surface area (Å²) >= 11 is 2.15. The summed E-state index contributed by atoms with van der Waals surface area (Å²) in [5.41, 5.74) is 1.39. The van der Waals surface area contributed by atoms with Crippen LogP contribution in [0.1, 0.15) is 5.56 Å². The van der Waals surface area contributed by atoms with E-state index in [0.29, 0.717) is 0 Å². The van der Waals surface area contributed by atoms with Crippen LogP contribution < -0.4 is 0 Å². The van der Waals surface area contributed by atoms with E-state index < -0.39 is 0 Å². The molecule has 0 aliphatic heterocycles. The third kappa shape index (κ3) is 12.2. The first-order valence-electron chi connectivity index (χ1n) is 5.19. The minimum Gasteiger partial charge on any atom is -0.748 e. The Hall–Kier alpha value is -0.0905. The fourth-order valence-corrected chi connectivity index (χ4v) is 1.21. The first-order chi connectivity index (χ1) is 7.79. The van der Waals surface area contributed by atoms with Gasteiger partial charge in [-0.1, -0.05) is 22.6 Å². The van der Waals surface area contributed by atoms with Gasteiger partial charge in [-0.3, -0.25) is 0 Å². The van der Waals surface area contributed by atoms with Gasteiger partial charge >= 0.3 is 0 Å². The Labute approximate surface area is 130 Å². The van der Waals surface area contributed by atoms with E-state index in [1.807, 2.05) is 35.3 Å². The molecule has 2 rings (SSSR count). The molecule has 0 N–H and O–H groups in total. The Balaban J connectivity index is 0. The van der Waals surface area contributed by atoms with Crippen LogP contribution in [0.2, 0.25) is 0 Å². The van der Waals surface area contributed by atoms with Crippen LogP contribution in [0.3, 0.4) is 0 Å². The van der Waals surface area contributed by atoms with Crippen LogP contribution in [0, 0.1) is 0 Å². The first kappa shape index (κ1) is 19.3. The van der Waals surface area contributed by atoms with Crippen molar-refractivity contribution >= 4 is 22.6 Å². The molecule has 3 heteroatoms. The minimum absolute atomic E-state index is 0. The molecule has 2 aromatic rings. The standard InChI is InChI=1S/C8H12N.C5H5.CH3I.Fe/c1-9(2)7-8-5-3-4-6-8;1-2-4-5-3-1;1-2;/h3-6H,7H2,1-2H3;1-5H;1H3;/q-1;-5;;. The van der Waals surface area contributed by atoms with Crippen LogP contribution in [-0.4, -0.2) is 23.9 Å². The molecular weight excluding hydrogens is 365 g/mol. The van der Waals surface area contributed by atoms with Crippen LogP contribution in [0.25, 0.3) is 0 Å². The van der Waals surface area contributed by atoms with E-state index in [9.17, 15) is 0 Å². The van der Waals surface area contributed by atoms with E-state index in [1.54, 1.807) is 0 Å². The molecule has 0 aliphatic rings. The van der Waals surface area contributed by atoms with E-state index in [1.165, 1.54) is 5.56 Å². The molecule has 0 bridgehead atoms. The smallest absolute Gasteiger partial charge is 0 e.